The van der Waals surface area contributed by atoms with Gasteiger partial charge in [0.25, 0.3) is 0 Å². The summed E-state index contributed by atoms with van der Waals surface area (Å²) < 4.78 is 5.15. The van der Waals surface area contributed by atoms with E-state index >= 15 is 0 Å². The smallest absolute Gasteiger partial charge is 0.328 e. The van der Waals surface area contributed by atoms with Gasteiger partial charge in [-0.2, -0.15) is 0 Å². The van der Waals surface area contributed by atoms with E-state index in [-0.39, 0.29) is 5.92 Å². The molecule has 2 rings (SSSR count). The lowest BCUT2D eigenvalue weighted by molar-refractivity contribution is -0.145. The molecular formula is C9H11NO3. The average Bonchev–Trinajstić information content (AvgIpc) is 2.57. The number of nitrogens with two attached hydrogens (primary N) is 1. The Morgan fingerprint density at radius 1 is 1.85 bits per heavy atom. The molecule has 4 heteroatoms. The van der Waals surface area contributed by atoms with Crippen LogP contribution in [0.2, 0.25) is 0 Å². The van der Waals surface area contributed by atoms with Gasteiger partial charge in [0.1, 0.15) is 11.3 Å². The SMILES string of the molecule is CC1Cc2occc2C1(N)C(=O)O. The Morgan fingerprint density at radius 2 is 2.54 bits per heavy atom. The van der Waals surface area contributed by atoms with Crippen LogP contribution in [0, 0.1) is 5.92 Å². The van der Waals surface area contributed by atoms with Crippen molar-refractivity contribution in [2.45, 2.75) is 18.9 Å². The van der Waals surface area contributed by atoms with Gasteiger partial charge in [0.2, 0.25) is 0 Å². The molecule has 1 aliphatic rings. The Hall–Kier alpha value is -1.29. The number of carbonyl (C=O) groups is 1. The summed E-state index contributed by atoms with van der Waals surface area (Å²) in [6.07, 6.45) is 2.09. The number of hydrogen-bond donors (Lipinski definition) is 2. The first-order valence-electron chi connectivity index (χ1n) is 4.16. The summed E-state index contributed by atoms with van der Waals surface area (Å²) in [6, 6.07) is 1.65. The molecule has 2 atom stereocenters. The molecule has 1 heterocycles. The summed E-state index contributed by atoms with van der Waals surface area (Å²) in [4.78, 5) is 11.0. The second-order valence-corrected chi connectivity index (χ2v) is 3.54. The van der Waals surface area contributed by atoms with Gasteiger partial charge in [-0.3, -0.25) is 0 Å². The summed E-state index contributed by atoms with van der Waals surface area (Å²) in [5.74, 6) is -0.391. The molecule has 1 aromatic rings. The Bertz CT molecular complexity index is 357. The fourth-order valence-electron chi connectivity index (χ4n) is 1.90. The molecule has 3 N–H and O–H groups in total. The summed E-state index contributed by atoms with van der Waals surface area (Å²) >= 11 is 0. The standard InChI is InChI=1S/C9H11NO3/c1-5-4-7-6(2-3-13-7)9(5,10)8(11)12/h2-3,5H,4,10H2,1H3,(H,11,12). The van der Waals surface area contributed by atoms with E-state index < -0.39 is 11.5 Å². The lowest BCUT2D eigenvalue weighted by Crippen LogP contribution is -2.47. The summed E-state index contributed by atoms with van der Waals surface area (Å²) in [5, 5.41) is 9.04. The van der Waals surface area contributed by atoms with Gasteiger partial charge in [-0.25, -0.2) is 4.79 Å². The Kier molecular flexibility index (Phi) is 1.51. The molecule has 0 radical (unpaired) electrons. The molecule has 4 nitrogen and oxygen atoms in total. The maximum absolute atomic E-state index is 11.0. The molecule has 0 bridgehead atoms. The maximum atomic E-state index is 11.0. The third kappa shape index (κ3) is 0.862. The number of fused-ring (bicyclic) bond motifs is 1. The molecule has 2 unspecified atom stereocenters. The third-order valence-corrected chi connectivity index (χ3v) is 2.81. The number of carboxylic acid groups (broad SMARTS) is 1. The summed E-state index contributed by atoms with van der Waals surface area (Å²) in [5.41, 5.74) is 5.20. The van der Waals surface area contributed by atoms with E-state index in [0.717, 1.165) is 0 Å². The number of aliphatic carboxylic acids is 1. The fourth-order valence-corrected chi connectivity index (χ4v) is 1.90. The minimum atomic E-state index is -1.26. The summed E-state index contributed by atoms with van der Waals surface area (Å²) in [7, 11) is 0. The number of hydrogen-bond acceptors (Lipinski definition) is 3. The van der Waals surface area contributed by atoms with Crippen LogP contribution in [0.3, 0.4) is 0 Å². The van der Waals surface area contributed by atoms with Gasteiger partial charge in [0, 0.05) is 12.0 Å². The third-order valence-electron chi connectivity index (χ3n) is 2.81. The van der Waals surface area contributed by atoms with Crippen molar-refractivity contribution >= 4 is 5.97 Å². The van der Waals surface area contributed by atoms with Crippen LogP contribution < -0.4 is 5.73 Å². The predicted molar refractivity (Wildman–Crippen MR) is 45.1 cm³/mol. The predicted octanol–water partition coefficient (Wildman–Crippen LogP) is 0.710. The Balaban J connectivity index is 2.56. The molecule has 0 saturated carbocycles. The van der Waals surface area contributed by atoms with Crippen molar-refractivity contribution < 1.29 is 14.3 Å². The van der Waals surface area contributed by atoms with Crippen molar-refractivity contribution in [2.24, 2.45) is 11.7 Å². The van der Waals surface area contributed by atoms with Crippen molar-refractivity contribution in [3.63, 3.8) is 0 Å². The number of furan rings is 1. The highest BCUT2D eigenvalue weighted by atomic mass is 16.4. The highest BCUT2D eigenvalue weighted by molar-refractivity contribution is 5.82. The van der Waals surface area contributed by atoms with Crippen molar-refractivity contribution in [2.75, 3.05) is 0 Å². The molecule has 1 aromatic heterocycles. The van der Waals surface area contributed by atoms with E-state index in [0.29, 0.717) is 17.7 Å². The highest BCUT2D eigenvalue weighted by Gasteiger charge is 2.49. The van der Waals surface area contributed by atoms with E-state index in [1.54, 1.807) is 6.07 Å². The van der Waals surface area contributed by atoms with Gasteiger partial charge in [-0.1, -0.05) is 6.92 Å². The van der Waals surface area contributed by atoms with Crippen LogP contribution in [0.5, 0.6) is 0 Å². The highest BCUT2D eigenvalue weighted by Crippen LogP contribution is 2.40. The average molecular weight is 181 g/mol. The van der Waals surface area contributed by atoms with Gasteiger partial charge in [-0.15, -0.1) is 0 Å². The topological polar surface area (TPSA) is 76.5 Å². The molecular weight excluding hydrogens is 170 g/mol. The number of rotatable bonds is 1. The molecule has 0 amide bonds. The molecule has 0 saturated heterocycles. The zero-order valence-corrected chi connectivity index (χ0v) is 7.28. The second kappa shape index (κ2) is 2.35. The lowest BCUT2D eigenvalue weighted by atomic mass is 9.86. The quantitative estimate of drug-likeness (QED) is 0.669. The molecule has 70 valence electrons. The molecule has 0 fully saturated rings. The largest absolute Gasteiger partial charge is 0.480 e. The molecule has 0 aliphatic heterocycles. The van der Waals surface area contributed by atoms with Crippen LogP contribution >= 0.6 is 0 Å². The Morgan fingerprint density at radius 3 is 3.15 bits per heavy atom. The first-order valence-corrected chi connectivity index (χ1v) is 4.16. The van der Waals surface area contributed by atoms with Crippen LogP contribution in [0.1, 0.15) is 18.2 Å². The zero-order valence-electron chi connectivity index (χ0n) is 7.28. The van der Waals surface area contributed by atoms with Gasteiger partial charge < -0.3 is 15.3 Å². The van der Waals surface area contributed by atoms with Gasteiger partial charge in [0.05, 0.1) is 6.26 Å². The fraction of sp³-hybridized carbons (Fsp3) is 0.444. The zero-order chi connectivity index (χ0) is 9.64. The minimum absolute atomic E-state index is 0.111. The molecule has 0 spiro atoms. The van der Waals surface area contributed by atoms with E-state index in [9.17, 15) is 4.79 Å². The van der Waals surface area contributed by atoms with Gasteiger partial charge in [0.15, 0.2) is 0 Å². The van der Waals surface area contributed by atoms with Crippen molar-refractivity contribution in [1.29, 1.82) is 0 Å². The monoisotopic (exact) mass is 181 g/mol. The van der Waals surface area contributed by atoms with Gasteiger partial charge in [-0.05, 0) is 12.0 Å². The molecule has 13 heavy (non-hydrogen) atoms. The Labute approximate surface area is 75.3 Å². The maximum Gasteiger partial charge on any atom is 0.328 e. The first-order chi connectivity index (χ1) is 6.06. The van der Waals surface area contributed by atoms with Crippen molar-refractivity contribution in [3.8, 4) is 0 Å². The van der Waals surface area contributed by atoms with Crippen LogP contribution in [0.15, 0.2) is 16.7 Å². The minimum Gasteiger partial charge on any atom is -0.480 e. The number of carboxylic acids is 1. The van der Waals surface area contributed by atoms with E-state index in [4.69, 9.17) is 15.3 Å². The van der Waals surface area contributed by atoms with Crippen LogP contribution in [-0.2, 0) is 16.8 Å². The van der Waals surface area contributed by atoms with E-state index in [1.807, 2.05) is 6.92 Å². The first kappa shape index (κ1) is 8.31. The normalized spacial score (nSPS) is 31.7. The van der Waals surface area contributed by atoms with Gasteiger partial charge >= 0.3 is 5.97 Å². The van der Waals surface area contributed by atoms with Crippen molar-refractivity contribution in [3.05, 3.63) is 23.7 Å². The van der Waals surface area contributed by atoms with Crippen LogP contribution in [0.25, 0.3) is 0 Å². The lowest BCUT2D eigenvalue weighted by Gasteiger charge is -2.23. The van der Waals surface area contributed by atoms with E-state index in [1.165, 1.54) is 6.26 Å². The molecule has 0 aromatic carbocycles. The summed E-state index contributed by atoms with van der Waals surface area (Å²) in [6.45, 7) is 1.82. The molecule has 1 aliphatic carbocycles. The van der Waals surface area contributed by atoms with Crippen LogP contribution in [-0.4, -0.2) is 11.1 Å². The van der Waals surface area contributed by atoms with Crippen molar-refractivity contribution in [1.82, 2.24) is 0 Å². The second-order valence-electron chi connectivity index (χ2n) is 3.54. The van der Waals surface area contributed by atoms with E-state index in [2.05, 4.69) is 0 Å². The van der Waals surface area contributed by atoms with Crippen LogP contribution in [0.4, 0.5) is 0 Å².